The van der Waals surface area contributed by atoms with E-state index in [1.165, 1.54) is 11.1 Å². The van der Waals surface area contributed by atoms with Crippen molar-refractivity contribution in [2.24, 2.45) is 11.7 Å². The average molecular weight is 232 g/mol. The van der Waals surface area contributed by atoms with E-state index in [2.05, 4.69) is 36.1 Å². The number of hydrogen-bond donors (Lipinski definition) is 1. The molecular formula is C14H20N2O. The van der Waals surface area contributed by atoms with Crippen molar-refractivity contribution in [3.63, 3.8) is 0 Å². The fourth-order valence-corrected chi connectivity index (χ4v) is 2.38. The van der Waals surface area contributed by atoms with Crippen LogP contribution in [-0.4, -0.2) is 23.9 Å². The van der Waals surface area contributed by atoms with Crippen molar-refractivity contribution in [2.75, 3.05) is 13.1 Å². The Kier molecular flexibility index (Phi) is 3.79. The minimum absolute atomic E-state index is 0.0363. The van der Waals surface area contributed by atoms with E-state index in [4.69, 9.17) is 5.73 Å². The molecule has 1 aliphatic rings. The summed E-state index contributed by atoms with van der Waals surface area (Å²) in [6, 6.07) is 8.57. The fraction of sp³-hybridized carbons (Fsp3) is 0.500. The number of piperidine rings is 1. The zero-order valence-corrected chi connectivity index (χ0v) is 10.4. The Morgan fingerprint density at radius 3 is 2.76 bits per heavy atom. The fourth-order valence-electron chi connectivity index (χ4n) is 2.38. The Morgan fingerprint density at radius 2 is 2.12 bits per heavy atom. The van der Waals surface area contributed by atoms with E-state index in [0.29, 0.717) is 0 Å². The smallest absolute Gasteiger partial charge is 0.221 e. The Hall–Kier alpha value is -1.35. The highest BCUT2D eigenvalue weighted by atomic mass is 16.1. The van der Waals surface area contributed by atoms with Crippen molar-refractivity contribution in [1.82, 2.24) is 4.90 Å². The molecule has 2 rings (SSSR count). The number of hydrogen-bond acceptors (Lipinski definition) is 2. The molecule has 0 radical (unpaired) electrons. The van der Waals surface area contributed by atoms with Gasteiger partial charge in [0.2, 0.25) is 5.91 Å². The third kappa shape index (κ3) is 3.30. The Bertz CT molecular complexity index is 386. The third-order valence-electron chi connectivity index (χ3n) is 3.43. The van der Waals surface area contributed by atoms with Crippen LogP contribution in [0.1, 0.15) is 24.0 Å². The van der Waals surface area contributed by atoms with Gasteiger partial charge >= 0.3 is 0 Å². The second-order valence-electron chi connectivity index (χ2n) is 4.96. The lowest BCUT2D eigenvalue weighted by Crippen LogP contribution is -2.40. The van der Waals surface area contributed by atoms with Gasteiger partial charge in [0.05, 0.1) is 5.92 Å². The normalized spacial score (nSPS) is 21.4. The number of primary amides is 1. The van der Waals surface area contributed by atoms with Crippen LogP contribution in [0.4, 0.5) is 0 Å². The maximum absolute atomic E-state index is 11.2. The van der Waals surface area contributed by atoms with E-state index in [1.807, 2.05) is 0 Å². The van der Waals surface area contributed by atoms with Crippen LogP contribution in [0.25, 0.3) is 0 Å². The molecule has 1 aromatic rings. The topological polar surface area (TPSA) is 46.3 Å². The molecule has 0 spiro atoms. The summed E-state index contributed by atoms with van der Waals surface area (Å²) in [7, 11) is 0. The van der Waals surface area contributed by atoms with Crippen molar-refractivity contribution in [3.8, 4) is 0 Å². The monoisotopic (exact) mass is 232 g/mol. The van der Waals surface area contributed by atoms with E-state index >= 15 is 0 Å². The van der Waals surface area contributed by atoms with Gasteiger partial charge in [-0.3, -0.25) is 9.69 Å². The number of benzene rings is 1. The summed E-state index contributed by atoms with van der Waals surface area (Å²) in [5.41, 5.74) is 7.96. The van der Waals surface area contributed by atoms with Crippen molar-refractivity contribution in [1.29, 1.82) is 0 Å². The van der Waals surface area contributed by atoms with E-state index in [0.717, 1.165) is 32.5 Å². The molecule has 3 nitrogen and oxygen atoms in total. The van der Waals surface area contributed by atoms with Crippen LogP contribution in [0.2, 0.25) is 0 Å². The van der Waals surface area contributed by atoms with Gasteiger partial charge in [0.15, 0.2) is 0 Å². The maximum Gasteiger partial charge on any atom is 0.221 e. The van der Waals surface area contributed by atoms with Gasteiger partial charge in [0, 0.05) is 13.1 Å². The van der Waals surface area contributed by atoms with Crippen molar-refractivity contribution in [3.05, 3.63) is 35.4 Å². The third-order valence-corrected chi connectivity index (χ3v) is 3.43. The van der Waals surface area contributed by atoms with Crippen molar-refractivity contribution >= 4 is 5.91 Å². The molecule has 1 unspecified atom stereocenters. The molecule has 1 amide bonds. The van der Waals surface area contributed by atoms with Gasteiger partial charge < -0.3 is 5.73 Å². The summed E-state index contributed by atoms with van der Waals surface area (Å²) in [4.78, 5) is 13.5. The van der Waals surface area contributed by atoms with Crippen LogP contribution < -0.4 is 5.73 Å². The first kappa shape index (κ1) is 12.1. The lowest BCUT2D eigenvalue weighted by Gasteiger charge is -2.31. The zero-order valence-electron chi connectivity index (χ0n) is 10.4. The quantitative estimate of drug-likeness (QED) is 0.862. The molecule has 0 bridgehead atoms. The zero-order chi connectivity index (χ0) is 12.3. The minimum Gasteiger partial charge on any atom is -0.369 e. The molecule has 0 saturated carbocycles. The van der Waals surface area contributed by atoms with E-state index in [1.54, 1.807) is 0 Å². The first-order valence-electron chi connectivity index (χ1n) is 6.22. The number of likely N-dealkylation sites (tertiary alicyclic amines) is 1. The molecule has 2 N–H and O–H groups in total. The van der Waals surface area contributed by atoms with Crippen LogP contribution in [0.3, 0.4) is 0 Å². The Morgan fingerprint density at radius 1 is 1.41 bits per heavy atom. The lowest BCUT2D eigenvalue weighted by atomic mass is 9.97. The van der Waals surface area contributed by atoms with Crippen LogP contribution >= 0.6 is 0 Å². The highest BCUT2D eigenvalue weighted by Crippen LogP contribution is 2.18. The highest BCUT2D eigenvalue weighted by molar-refractivity contribution is 5.76. The number of amides is 1. The van der Waals surface area contributed by atoms with Crippen LogP contribution in [0.15, 0.2) is 24.3 Å². The molecule has 1 heterocycles. The van der Waals surface area contributed by atoms with E-state index < -0.39 is 0 Å². The molecule has 0 aliphatic carbocycles. The molecule has 1 saturated heterocycles. The number of nitrogens with two attached hydrogens (primary N) is 1. The number of carbonyl (C=O) groups excluding carboxylic acids is 1. The van der Waals surface area contributed by atoms with Crippen LogP contribution in [0.5, 0.6) is 0 Å². The summed E-state index contributed by atoms with van der Waals surface area (Å²) >= 11 is 0. The van der Waals surface area contributed by atoms with Gasteiger partial charge in [0.1, 0.15) is 0 Å². The molecule has 1 aliphatic heterocycles. The average Bonchev–Trinajstić information content (AvgIpc) is 2.32. The van der Waals surface area contributed by atoms with Crippen molar-refractivity contribution in [2.45, 2.75) is 26.3 Å². The molecule has 3 heteroatoms. The Balaban J connectivity index is 1.94. The second-order valence-corrected chi connectivity index (χ2v) is 4.96. The molecule has 17 heavy (non-hydrogen) atoms. The number of carbonyl (C=O) groups is 1. The minimum atomic E-state index is -0.154. The van der Waals surface area contributed by atoms with Gasteiger partial charge in [-0.1, -0.05) is 29.8 Å². The van der Waals surface area contributed by atoms with Crippen LogP contribution in [0, 0.1) is 12.8 Å². The summed E-state index contributed by atoms with van der Waals surface area (Å²) in [5.74, 6) is -0.118. The molecule has 1 fully saturated rings. The van der Waals surface area contributed by atoms with Gasteiger partial charge in [-0.2, -0.15) is 0 Å². The first-order valence-corrected chi connectivity index (χ1v) is 6.22. The van der Waals surface area contributed by atoms with Gasteiger partial charge in [-0.15, -0.1) is 0 Å². The van der Waals surface area contributed by atoms with Crippen LogP contribution in [-0.2, 0) is 11.3 Å². The largest absolute Gasteiger partial charge is 0.369 e. The number of aryl methyl sites for hydroxylation is 1. The van der Waals surface area contributed by atoms with E-state index in [9.17, 15) is 4.79 Å². The molecule has 92 valence electrons. The van der Waals surface area contributed by atoms with E-state index in [-0.39, 0.29) is 11.8 Å². The molecule has 0 aromatic heterocycles. The molecule has 1 atom stereocenters. The number of nitrogens with zero attached hydrogens (tertiary/aromatic N) is 1. The molecule has 1 aromatic carbocycles. The van der Waals surface area contributed by atoms with Gasteiger partial charge in [0.25, 0.3) is 0 Å². The summed E-state index contributed by atoms with van der Waals surface area (Å²) in [6.07, 6.45) is 2.01. The maximum atomic E-state index is 11.2. The second kappa shape index (κ2) is 5.32. The predicted octanol–water partition coefficient (Wildman–Crippen LogP) is 1.69. The predicted molar refractivity (Wildman–Crippen MR) is 68.4 cm³/mol. The van der Waals surface area contributed by atoms with Gasteiger partial charge in [-0.05, 0) is 31.9 Å². The SMILES string of the molecule is Cc1ccc(CN2CCCC(C(N)=O)C2)cc1. The lowest BCUT2D eigenvalue weighted by molar-refractivity contribution is -0.123. The first-order chi connectivity index (χ1) is 8.15. The highest BCUT2D eigenvalue weighted by Gasteiger charge is 2.23. The summed E-state index contributed by atoms with van der Waals surface area (Å²) in [6.45, 7) is 4.89. The molecular weight excluding hydrogens is 212 g/mol. The Labute approximate surface area is 103 Å². The number of rotatable bonds is 3. The standard InChI is InChI=1S/C14H20N2O/c1-11-4-6-12(7-5-11)9-16-8-2-3-13(10-16)14(15)17/h4-7,13H,2-3,8-10H2,1H3,(H2,15,17). The summed E-state index contributed by atoms with van der Waals surface area (Å²) < 4.78 is 0. The van der Waals surface area contributed by atoms with Crippen molar-refractivity contribution < 1.29 is 4.79 Å². The van der Waals surface area contributed by atoms with Gasteiger partial charge in [-0.25, -0.2) is 0 Å². The summed E-state index contributed by atoms with van der Waals surface area (Å²) in [5, 5.41) is 0.